The van der Waals surface area contributed by atoms with Crippen LogP contribution < -0.4 is 31.9 Å². The highest BCUT2D eigenvalue weighted by Crippen LogP contribution is 2.40. The summed E-state index contributed by atoms with van der Waals surface area (Å²) in [5.74, 6) is 1.30. The molecule has 6 N–H and O–H groups in total. The van der Waals surface area contributed by atoms with E-state index in [-0.39, 0.29) is 27.4 Å². The van der Waals surface area contributed by atoms with Crippen LogP contribution in [0.1, 0.15) is 121 Å². The summed E-state index contributed by atoms with van der Waals surface area (Å²) in [6, 6.07) is 0. The molecule has 0 saturated carbocycles. The van der Waals surface area contributed by atoms with Crippen LogP contribution in [0.4, 0.5) is 11.9 Å². The summed E-state index contributed by atoms with van der Waals surface area (Å²) in [5, 5.41) is 6.83. The molecule has 0 unspecified atom stereocenters. The van der Waals surface area contributed by atoms with Crippen LogP contribution >= 0.6 is 11.6 Å². The van der Waals surface area contributed by atoms with Gasteiger partial charge in [-0.05, 0) is 145 Å². The molecular formula is C39H76ClN11. The number of nitrogens with zero attached hydrogens (tertiary/aromatic N) is 7. The van der Waals surface area contributed by atoms with E-state index in [1.54, 1.807) is 0 Å². The zero-order valence-corrected chi connectivity index (χ0v) is 35.4. The zero-order valence-electron chi connectivity index (χ0n) is 34.6. The molecule has 51 heavy (non-hydrogen) atoms. The van der Waals surface area contributed by atoms with Gasteiger partial charge in [0, 0.05) is 72.6 Å². The first kappa shape index (κ1) is 45.3. The maximum absolute atomic E-state index is 6.68. The largest absolute Gasteiger partial charge is 0.330 e. The van der Waals surface area contributed by atoms with Crippen molar-refractivity contribution in [3.05, 3.63) is 28.8 Å². The van der Waals surface area contributed by atoms with Crippen LogP contribution in [-0.2, 0) is 0 Å². The number of nitrogens with two attached hydrogens (primary N) is 2. The third-order valence-electron chi connectivity index (χ3n) is 10.6. The Morgan fingerprint density at radius 1 is 0.647 bits per heavy atom. The molecule has 0 bridgehead atoms. The lowest BCUT2D eigenvalue weighted by atomic mass is 9.83. The van der Waals surface area contributed by atoms with Gasteiger partial charge in [0.15, 0.2) is 0 Å². The number of halogens is 1. The number of unbranched alkanes of at least 4 members (excludes halogenated alkanes) is 2. The van der Waals surface area contributed by atoms with Crippen LogP contribution in [0.15, 0.2) is 23.5 Å². The monoisotopic (exact) mass is 734 g/mol. The first-order valence-corrected chi connectivity index (χ1v) is 19.9. The first-order valence-electron chi connectivity index (χ1n) is 19.6. The Bertz CT molecular complexity index is 1150. The zero-order chi connectivity index (χ0) is 38.5. The summed E-state index contributed by atoms with van der Waals surface area (Å²) < 4.78 is 0. The summed E-state index contributed by atoms with van der Waals surface area (Å²) in [6.45, 7) is 30.1. The van der Waals surface area contributed by atoms with E-state index in [1.807, 2.05) is 0 Å². The average Bonchev–Trinajstić information content (AvgIpc) is 3.04. The lowest BCUT2D eigenvalue weighted by Crippen LogP contribution is -2.56. The van der Waals surface area contributed by atoms with Crippen LogP contribution in [-0.4, -0.2) is 113 Å². The molecule has 0 spiro atoms. The summed E-state index contributed by atoms with van der Waals surface area (Å²) in [5.41, 5.74) is 13.0. The summed E-state index contributed by atoms with van der Waals surface area (Å²) in [6.07, 6.45) is 13.0. The minimum atomic E-state index is -0.0928. The molecule has 1 aromatic rings. The Hall–Kier alpha value is -1.86. The molecule has 0 atom stereocenters. The molecule has 11 nitrogen and oxygen atoms in total. The van der Waals surface area contributed by atoms with Crippen molar-refractivity contribution in [2.75, 3.05) is 76.3 Å². The topological polar surface area (TPSA) is 128 Å². The second-order valence-corrected chi connectivity index (χ2v) is 17.0. The van der Waals surface area contributed by atoms with Crippen molar-refractivity contribution in [2.24, 2.45) is 11.5 Å². The Balaban J connectivity index is 0.000000641. The molecule has 0 saturated heterocycles. The Morgan fingerprint density at radius 2 is 1.02 bits per heavy atom. The van der Waals surface area contributed by atoms with Crippen molar-refractivity contribution >= 4 is 23.5 Å². The van der Waals surface area contributed by atoms with Crippen LogP contribution in [0.5, 0.6) is 0 Å². The quantitative estimate of drug-likeness (QED) is 0.122. The second-order valence-electron chi connectivity index (χ2n) is 16.7. The number of anilines is 2. The van der Waals surface area contributed by atoms with Gasteiger partial charge in [-0.25, -0.2) is 0 Å². The highest BCUT2D eigenvalue weighted by molar-refractivity contribution is 6.28. The Kier molecular flexibility index (Phi) is 18.3. The molecular weight excluding hydrogens is 658 g/mol. The van der Waals surface area contributed by atoms with Crippen LogP contribution in [0, 0.1) is 0 Å². The minimum Gasteiger partial charge on any atom is -0.330 e. The van der Waals surface area contributed by atoms with Crippen molar-refractivity contribution in [1.82, 2.24) is 35.4 Å². The average molecular weight is 735 g/mol. The van der Waals surface area contributed by atoms with Gasteiger partial charge >= 0.3 is 0 Å². The Labute approximate surface area is 317 Å². The van der Waals surface area contributed by atoms with Crippen LogP contribution in [0.2, 0.25) is 5.28 Å². The fraction of sp³-hybridized carbons (Fsp3) is 0.821. The van der Waals surface area contributed by atoms with E-state index >= 15 is 0 Å². The van der Waals surface area contributed by atoms with Crippen molar-refractivity contribution in [3.63, 3.8) is 0 Å². The summed E-state index contributed by atoms with van der Waals surface area (Å²) in [7, 11) is 4.43. The molecule has 3 rings (SSSR count). The van der Waals surface area contributed by atoms with Crippen molar-refractivity contribution < 1.29 is 0 Å². The standard InChI is InChI=1S/C31H54ClN7.C8H22N4/c1-13-15-17-38(23-19-28(3,4)36(11)29(5,6)20-23)26-33-25(32)34-27(35-26)39(18-16-14-2)24-21-30(7,8)37(12)31(9,10)22-24;9-3-1-5-11-7-8-12-6-2-4-10/h19,21H,13-18,20,22H2,1-12H3;11-12H,1-10H2. The predicted molar refractivity (Wildman–Crippen MR) is 220 cm³/mol. The lowest BCUT2D eigenvalue weighted by molar-refractivity contribution is 0.0609. The molecule has 1 aromatic heterocycles. The molecule has 2 aliphatic rings. The number of likely N-dealkylation sites (N-methyl/N-ethyl adjacent to an activating group) is 2. The van der Waals surface area contributed by atoms with Crippen LogP contribution in [0.25, 0.3) is 0 Å². The second kappa shape index (κ2) is 20.6. The maximum Gasteiger partial charge on any atom is 0.235 e. The van der Waals surface area contributed by atoms with Crippen molar-refractivity contribution in [1.29, 1.82) is 0 Å². The highest BCUT2D eigenvalue weighted by Gasteiger charge is 2.42. The van der Waals surface area contributed by atoms with E-state index in [0.717, 1.165) is 104 Å². The van der Waals surface area contributed by atoms with E-state index in [1.165, 1.54) is 11.4 Å². The smallest absolute Gasteiger partial charge is 0.235 e. The van der Waals surface area contributed by atoms with E-state index in [2.05, 4.69) is 126 Å². The summed E-state index contributed by atoms with van der Waals surface area (Å²) in [4.78, 5) is 24.1. The van der Waals surface area contributed by atoms with Gasteiger partial charge in [0.2, 0.25) is 17.2 Å². The van der Waals surface area contributed by atoms with Crippen molar-refractivity contribution in [2.45, 2.75) is 143 Å². The molecule has 0 radical (unpaired) electrons. The van der Waals surface area contributed by atoms with Gasteiger partial charge in [-0.15, -0.1) is 0 Å². The fourth-order valence-electron chi connectivity index (χ4n) is 6.97. The van der Waals surface area contributed by atoms with Gasteiger partial charge < -0.3 is 31.9 Å². The number of hydrogen-bond acceptors (Lipinski definition) is 11. The molecule has 0 aliphatic carbocycles. The minimum absolute atomic E-state index is 0.000958. The van der Waals surface area contributed by atoms with Gasteiger partial charge in [-0.2, -0.15) is 15.0 Å². The predicted octanol–water partition coefficient (Wildman–Crippen LogP) is 6.15. The van der Waals surface area contributed by atoms with E-state index in [4.69, 9.17) is 38.0 Å². The third kappa shape index (κ3) is 13.5. The molecule has 3 heterocycles. The molecule has 0 fully saturated rings. The van der Waals surface area contributed by atoms with Gasteiger partial charge in [-0.3, -0.25) is 9.80 Å². The maximum atomic E-state index is 6.68. The fourth-order valence-corrected chi connectivity index (χ4v) is 7.12. The van der Waals surface area contributed by atoms with Gasteiger partial charge in [0.05, 0.1) is 0 Å². The number of rotatable bonds is 19. The van der Waals surface area contributed by atoms with Gasteiger partial charge in [-0.1, -0.05) is 26.7 Å². The van der Waals surface area contributed by atoms with Gasteiger partial charge in [0.25, 0.3) is 0 Å². The van der Waals surface area contributed by atoms with Gasteiger partial charge in [0.1, 0.15) is 0 Å². The van der Waals surface area contributed by atoms with E-state index < -0.39 is 0 Å². The Morgan fingerprint density at radius 3 is 1.33 bits per heavy atom. The lowest BCUT2D eigenvalue weighted by Gasteiger charge is -2.51. The number of aromatic nitrogens is 3. The van der Waals surface area contributed by atoms with E-state index in [0.29, 0.717) is 11.9 Å². The number of nitrogens with one attached hydrogen (secondary N) is 2. The normalized spacial score (nSPS) is 19.5. The molecule has 294 valence electrons. The molecule has 0 amide bonds. The van der Waals surface area contributed by atoms with Crippen molar-refractivity contribution in [3.8, 4) is 0 Å². The highest BCUT2D eigenvalue weighted by atomic mass is 35.5. The van der Waals surface area contributed by atoms with Crippen LogP contribution in [0.3, 0.4) is 0 Å². The first-order chi connectivity index (χ1) is 23.9. The van der Waals surface area contributed by atoms with E-state index in [9.17, 15) is 0 Å². The molecule has 0 aromatic carbocycles. The third-order valence-corrected chi connectivity index (χ3v) is 10.8. The number of hydrogen-bond donors (Lipinski definition) is 4. The molecule has 12 heteroatoms. The summed E-state index contributed by atoms with van der Waals surface area (Å²) >= 11 is 6.68. The SMILES string of the molecule is CCCCN(C1=CC(C)(C)N(C)C(C)(C)C1)c1nc(Cl)nc(N(CCCC)C2=CC(C)(C)N(C)C(C)(C)C2)n1.NCCCNCCNCCCN. The molecule has 2 aliphatic heterocycles.